The average molecular weight is 229 g/mol. The quantitative estimate of drug-likeness (QED) is 0.222. The normalized spacial score (nSPS) is 11.6. The van der Waals surface area contributed by atoms with Gasteiger partial charge in [0.15, 0.2) is 5.96 Å². The lowest BCUT2D eigenvalue weighted by atomic mass is 10.0. The van der Waals surface area contributed by atoms with Gasteiger partial charge in [-0.15, -0.1) is 0 Å². The summed E-state index contributed by atoms with van der Waals surface area (Å²) in [5, 5.41) is 0. The second kappa shape index (κ2) is 7.67. The van der Waals surface area contributed by atoms with Crippen molar-refractivity contribution in [2.75, 3.05) is 6.54 Å². The Morgan fingerprint density at radius 3 is 2.44 bits per heavy atom. The molecule has 4 N–H and O–H groups in total. The van der Waals surface area contributed by atoms with Gasteiger partial charge in [-0.05, 0) is 19.3 Å². The standard InChI is InChI=1S/C10H19N3O3/c1-3-8(9(15)16-7(2)14)5-4-6-13-10(11)12/h8H,3-6H2,1-2H3,(H4,11,12,13). The van der Waals surface area contributed by atoms with E-state index in [1.54, 1.807) is 0 Å². The molecule has 6 heteroatoms. The summed E-state index contributed by atoms with van der Waals surface area (Å²) in [5.41, 5.74) is 10.3. The van der Waals surface area contributed by atoms with Crippen LogP contribution in [-0.2, 0) is 14.3 Å². The fourth-order valence-electron chi connectivity index (χ4n) is 1.26. The molecule has 1 unspecified atom stereocenters. The minimum Gasteiger partial charge on any atom is -0.393 e. The fourth-order valence-corrected chi connectivity index (χ4v) is 1.26. The van der Waals surface area contributed by atoms with Crippen molar-refractivity contribution in [2.45, 2.75) is 33.1 Å². The van der Waals surface area contributed by atoms with Gasteiger partial charge in [0.05, 0.1) is 5.92 Å². The van der Waals surface area contributed by atoms with Crippen molar-refractivity contribution in [1.29, 1.82) is 0 Å². The van der Waals surface area contributed by atoms with E-state index in [-0.39, 0.29) is 11.9 Å². The Morgan fingerprint density at radius 2 is 2.00 bits per heavy atom. The van der Waals surface area contributed by atoms with Gasteiger partial charge >= 0.3 is 11.9 Å². The van der Waals surface area contributed by atoms with Crippen LogP contribution in [0, 0.1) is 5.92 Å². The van der Waals surface area contributed by atoms with Crippen molar-refractivity contribution in [3.05, 3.63) is 0 Å². The third-order valence-electron chi connectivity index (χ3n) is 2.08. The van der Waals surface area contributed by atoms with Gasteiger partial charge < -0.3 is 16.2 Å². The number of nitrogens with zero attached hydrogens (tertiary/aromatic N) is 1. The summed E-state index contributed by atoms with van der Waals surface area (Å²) in [6.07, 6.45) is 1.93. The Labute approximate surface area is 95.0 Å². The van der Waals surface area contributed by atoms with Crippen LogP contribution in [0.2, 0.25) is 0 Å². The maximum atomic E-state index is 11.4. The van der Waals surface area contributed by atoms with E-state index in [2.05, 4.69) is 9.73 Å². The van der Waals surface area contributed by atoms with Crippen molar-refractivity contribution in [3.8, 4) is 0 Å². The number of aliphatic imine (C=N–C) groups is 1. The Hall–Kier alpha value is -1.59. The number of carbonyl (C=O) groups excluding carboxylic acids is 2. The smallest absolute Gasteiger partial charge is 0.316 e. The number of hydrogen-bond donors (Lipinski definition) is 2. The minimum absolute atomic E-state index is 0.0411. The Balaban J connectivity index is 3.96. The van der Waals surface area contributed by atoms with Gasteiger partial charge in [0.1, 0.15) is 0 Å². The van der Waals surface area contributed by atoms with Gasteiger partial charge in [-0.2, -0.15) is 0 Å². The average Bonchev–Trinajstić information content (AvgIpc) is 2.16. The second-order valence-electron chi connectivity index (χ2n) is 3.47. The van der Waals surface area contributed by atoms with Gasteiger partial charge in [-0.3, -0.25) is 14.6 Å². The molecule has 0 rings (SSSR count). The summed E-state index contributed by atoms with van der Waals surface area (Å²) in [4.78, 5) is 25.8. The molecule has 0 heterocycles. The zero-order valence-corrected chi connectivity index (χ0v) is 9.73. The number of carbonyl (C=O) groups is 2. The monoisotopic (exact) mass is 229 g/mol. The van der Waals surface area contributed by atoms with Crippen molar-refractivity contribution < 1.29 is 14.3 Å². The molecule has 0 aliphatic heterocycles. The van der Waals surface area contributed by atoms with Gasteiger partial charge in [0, 0.05) is 13.5 Å². The Morgan fingerprint density at radius 1 is 1.38 bits per heavy atom. The topological polar surface area (TPSA) is 108 Å². The molecule has 1 atom stereocenters. The zero-order valence-electron chi connectivity index (χ0n) is 9.73. The first kappa shape index (κ1) is 14.4. The van der Waals surface area contributed by atoms with Crippen molar-refractivity contribution in [1.82, 2.24) is 0 Å². The molecule has 0 amide bonds. The third-order valence-corrected chi connectivity index (χ3v) is 2.08. The Kier molecular flexibility index (Phi) is 6.91. The molecular formula is C10H19N3O3. The highest BCUT2D eigenvalue weighted by molar-refractivity contribution is 5.85. The molecule has 6 nitrogen and oxygen atoms in total. The maximum absolute atomic E-state index is 11.4. The molecule has 0 bridgehead atoms. The molecular weight excluding hydrogens is 210 g/mol. The molecule has 0 aromatic heterocycles. The van der Waals surface area contributed by atoms with Crippen molar-refractivity contribution in [3.63, 3.8) is 0 Å². The largest absolute Gasteiger partial charge is 0.393 e. The lowest BCUT2D eigenvalue weighted by Crippen LogP contribution is -2.23. The number of esters is 2. The Bertz CT molecular complexity index is 272. The van der Waals surface area contributed by atoms with E-state index in [4.69, 9.17) is 11.5 Å². The van der Waals surface area contributed by atoms with Crippen LogP contribution in [0.4, 0.5) is 0 Å². The number of rotatable bonds is 6. The fraction of sp³-hybridized carbons (Fsp3) is 0.700. The highest BCUT2D eigenvalue weighted by Gasteiger charge is 2.18. The van der Waals surface area contributed by atoms with E-state index in [9.17, 15) is 9.59 Å². The molecule has 92 valence electrons. The lowest BCUT2D eigenvalue weighted by Gasteiger charge is -2.11. The first-order valence-corrected chi connectivity index (χ1v) is 5.25. The molecule has 0 aliphatic rings. The molecule has 0 saturated heterocycles. The van der Waals surface area contributed by atoms with Gasteiger partial charge in [-0.1, -0.05) is 6.92 Å². The molecule has 0 spiro atoms. The third kappa shape index (κ3) is 6.80. The van der Waals surface area contributed by atoms with E-state index in [0.29, 0.717) is 25.8 Å². The summed E-state index contributed by atoms with van der Waals surface area (Å²) < 4.78 is 4.52. The van der Waals surface area contributed by atoms with E-state index in [0.717, 1.165) is 0 Å². The molecule has 0 aromatic rings. The van der Waals surface area contributed by atoms with Crippen LogP contribution in [0.5, 0.6) is 0 Å². The first-order chi connectivity index (χ1) is 7.47. The maximum Gasteiger partial charge on any atom is 0.316 e. The van der Waals surface area contributed by atoms with Crippen LogP contribution in [0.3, 0.4) is 0 Å². The summed E-state index contributed by atoms with van der Waals surface area (Å²) in [5.74, 6) is -1.27. The highest BCUT2D eigenvalue weighted by Crippen LogP contribution is 2.13. The second-order valence-corrected chi connectivity index (χ2v) is 3.47. The molecule has 0 aromatic carbocycles. The van der Waals surface area contributed by atoms with Crippen LogP contribution in [0.1, 0.15) is 33.1 Å². The lowest BCUT2D eigenvalue weighted by molar-refractivity contribution is -0.161. The molecule has 16 heavy (non-hydrogen) atoms. The predicted molar refractivity (Wildman–Crippen MR) is 60.5 cm³/mol. The van der Waals surface area contributed by atoms with E-state index in [1.165, 1.54) is 6.92 Å². The summed E-state index contributed by atoms with van der Waals surface area (Å²) in [6.45, 7) is 3.56. The van der Waals surface area contributed by atoms with E-state index >= 15 is 0 Å². The van der Waals surface area contributed by atoms with Crippen molar-refractivity contribution in [2.24, 2.45) is 22.4 Å². The highest BCUT2D eigenvalue weighted by atomic mass is 16.6. The van der Waals surface area contributed by atoms with Crippen LogP contribution in [0.25, 0.3) is 0 Å². The number of hydrogen-bond acceptors (Lipinski definition) is 4. The van der Waals surface area contributed by atoms with Crippen LogP contribution < -0.4 is 11.5 Å². The minimum atomic E-state index is -0.576. The molecule has 0 radical (unpaired) electrons. The molecule has 0 fully saturated rings. The van der Waals surface area contributed by atoms with Gasteiger partial charge in [0.2, 0.25) is 0 Å². The molecule has 0 saturated carbocycles. The molecule has 0 aliphatic carbocycles. The number of guanidine groups is 1. The summed E-state index contributed by atoms with van der Waals surface area (Å²) in [6, 6.07) is 0. The number of nitrogens with two attached hydrogens (primary N) is 2. The van der Waals surface area contributed by atoms with Crippen LogP contribution >= 0.6 is 0 Å². The summed E-state index contributed by atoms with van der Waals surface area (Å²) in [7, 11) is 0. The van der Waals surface area contributed by atoms with E-state index < -0.39 is 11.9 Å². The first-order valence-electron chi connectivity index (χ1n) is 5.25. The SMILES string of the molecule is CCC(CCCN=C(N)N)C(=O)OC(C)=O. The zero-order chi connectivity index (χ0) is 12.6. The van der Waals surface area contributed by atoms with Crippen LogP contribution in [0.15, 0.2) is 4.99 Å². The number of ether oxygens (including phenoxy) is 1. The van der Waals surface area contributed by atoms with Gasteiger partial charge in [-0.25, -0.2) is 0 Å². The van der Waals surface area contributed by atoms with Gasteiger partial charge in [0.25, 0.3) is 0 Å². The van der Waals surface area contributed by atoms with E-state index in [1.807, 2.05) is 6.92 Å². The van der Waals surface area contributed by atoms with Crippen molar-refractivity contribution >= 4 is 17.9 Å². The predicted octanol–water partition coefficient (Wildman–Crippen LogP) is 0.156. The summed E-state index contributed by atoms with van der Waals surface area (Å²) >= 11 is 0. The van der Waals surface area contributed by atoms with Crippen LogP contribution in [-0.4, -0.2) is 24.4 Å².